The summed E-state index contributed by atoms with van der Waals surface area (Å²) in [4.78, 5) is 11.6. The Morgan fingerprint density at radius 3 is 2.33 bits per heavy atom. The molecule has 2 nitrogen and oxygen atoms in total. The summed E-state index contributed by atoms with van der Waals surface area (Å²) in [6.07, 6.45) is 1.28. The summed E-state index contributed by atoms with van der Waals surface area (Å²) in [7, 11) is 0. The predicted octanol–water partition coefficient (Wildman–Crippen LogP) is 4.97. The van der Waals surface area contributed by atoms with Crippen LogP contribution in [0, 0.1) is 0 Å². The summed E-state index contributed by atoms with van der Waals surface area (Å²) < 4.78 is 0. The maximum Gasteiger partial charge on any atom is 0.311 e. The fraction of sp³-hybridized carbons (Fsp3) is 0.235. The molecule has 0 aliphatic carbocycles. The van der Waals surface area contributed by atoms with E-state index in [-0.39, 0.29) is 0 Å². The van der Waals surface area contributed by atoms with Gasteiger partial charge in [0.25, 0.3) is 0 Å². The molecule has 4 heteroatoms. The molecule has 110 valence electrons. The summed E-state index contributed by atoms with van der Waals surface area (Å²) in [6.45, 7) is 2.07. The molecule has 0 saturated carbocycles. The van der Waals surface area contributed by atoms with Gasteiger partial charge in [-0.1, -0.05) is 60.5 Å². The Balaban J connectivity index is 2.28. The first-order valence-corrected chi connectivity index (χ1v) is 7.52. The van der Waals surface area contributed by atoms with E-state index in [1.165, 1.54) is 5.56 Å². The molecular formula is C17H16Cl2O2. The lowest BCUT2D eigenvalue weighted by Gasteiger charge is -2.14. The molecule has 0 radical (unpaired) electrons. The molecule has 0 aliphatic rings. The van der Waals surface area contributed by atoms with Crippen LogP contribution in [0.4, 0.5) is 0 Å². The molecule has 2 aromatic carbocycles. The minimum atomic E-state index is -0.856. The first-order chi connectivity index (χ1) is 10.0. The molecule has 0 fully saturated rings. The molecule has 0 amide bonds. The van der Waals surface area contributed by atoms with Crippen LogP contribution >= 0.6 is 23.2 Å². The number of aliphatic carboxylic acids is 1. The summed E-state index contributed by atoms with van der Waals surface area (Å²) in [5, 5.41) is 10.5. The van der Waals surface area contributed by atoms with E-state index in [1.807, 2.05) is 24.3 Å². The normalized spacial score (nSPS) is 12.1. The van der Waals surface area contributed by atoms with Crippen LogP contribution in [0.3, 0.4) is 0 Å². The second kappa shape index (κ2) is 6.97. The van der Waals surface area contributed by atoms with Gasteiger partial charge in [-0.3, -0.25) is 4.79 Å². The van der Waals surface area contributed by atoms with E-state index in [0.29, 0.717) is 16.5 Å². The van der Waals surface area contributed by atoms with Crippen molar-refractivity contribution in [2.75, 3.05) is 0 Å². The second-order valence-corrected chi connectivity index (χ2v) is 5.77. The second-order valence-electron chi connectivity index (χ2n) is 4.93. The number of hydrogen-bond acceptors (Lipinski definition) is 1. The molecule has 1 N–H and O–H groups in total. The zero-order valence-corrected chi connectivity index (χ0v) is 13.2. The maximum absolute atomic E-state index is 11.6. The van der Waals surface area contributed by atoms with Gasteiger partial charge in [-0.2, -0.15) is 0 Å². The Morgan fingerprint density at radius 2 is 1.81 bits per heavy atom. The average Bonchev–Trinajstić information content (AvgIpc) is 2.46. The van der Waals surface area contributed by atoms with Gasteiger partial charge in [-0.15, -0.1) is 0 Å². The van der Waals surface area contributed by atoms with Gasteiger partial charge in [0, 0.05) is 10.0 Å². The first-order valence-electron chi connectivity index (χ1n) is 6.76. The molecule has 0 spiro atoms. The van der Waals surface area contributed by atoms with Crippen LogP contribution in [0.1, 0.15) is 29.5 Å². The van der Waals surface area contributed by atoms with Crippen molar-refractivity contribution in [2.24, 2.45) is 0 Å². The van der Waals surface area contributed by atoms with Crippen LogP contribution < -0.4 is 0 Å². The van der Waals surface area contributed by atoms with Crippen molar-refractivity contribution in [2.45, 2.75) is 25.7 Å². The summed E-state index contributed by atoms with van der Waals surface area (Å²) in [6, 6.07) is 12.8. The fourth-order valence-corrected chi connectivity index (χ4v) is 2.73. The Morgan fingerprint density at radius 1 is 1.14 bits per heavy atom. The topological polar surface area (TPSA) is 37.3 Å². The zero-order valence-electron chi connectivity index (χ0n) is 11.6. The summed E-state index contributed by atoms with van der Waals surface area (Å²) in [5.41, 5.74) is 2.76. The number of benzene rings is 2. The monoisotopic (exact) mass is 322 g/mol. The molecule has 1 unspecified atom stereocenters. The molecular weight excluding hydrogens is 307 g/mol. The standard InChI is InChI=1S/C17H16Cl2O2/c1-2-11-3-5-12(6-4-11)15(17(20)21)9-13-7-8-14(18)10-16(13)19/h3-8,10,15H,2,9H2,1H3,(H,20,21). The van der Waals surface area contributed by atoms with Crippen molar-refractivity contribution in [3.8, 4) is 0 Å². The zero-order chi connectivity index (χ0) is 15.4. The third-order valence-corrected chi connectivity index (χ3v) is 4.11. The lowest BCUT2D eigenvalue weighted by Crippen LogP contribution is -2.14. The molecule has 1 atom stereocenters. The molecule has 21 heavy (non-hydrogen) atoms. The van der Waals surface area contributed by atoms with Gasteiger partial charge in [-0.05, 0) is 41.7 Å². The molecule has 0 saturated heterocycles. The number of aryl methyl sites for hydroxylation is 1. The van der Waals surface area contributed by atoms with E-state index in [1.54, 1.807) is 18.2 Å². The van der Waals surface area contributed by atoms with Gasteiger partial charge >= 0.3 is 5.97 Å². The van der Waals surface area contributed by atoms with E-state index in [4.69, 9.17) is 23.2 Å². The van der Waals surface area contributed by atoms with E-state index in [0.717, 1.165) is 17.5 Å². The number of carboxylic acids is 1. The Hall–Kier alpha value is -1.51. The molecule has 2 rings (SSSR count). The highest BCUT2D eigenvalue weighted by atomic mass is 35.5. The number of halogens is 2. The van der Waals surface area contributed by atoms with Crippen molar-refractivity contribution < 1.29 is 9.90 Å². The first kappa shape index (κ1) is 15.9. The van der Waals surface area contributed by atoms with Crippen molar-refractivity contribution in [1.29, 1.82) is 0 Å². The third-order valence-electron chi connectivity index (χ3n) is 3.53. The van der Waals surface area contributed by atoms with Crippen LogP contribution in [-0.4, -0.2) is 11.1 Å². The van der Waals surface area contributed by atoms with Crippen LogP contribution in [0.5, 0.6) is 0 Å². The van der Waals surface area contributed by atoms with Crippen molar-refractivity contribution in [3.05, 3.63) is 69.2 Å². The van der Waals surface area contributed by atoms with Crippen molar-refractivity contribution >= 4 is 29.2 Å². The number of carbonyl (C=O) groups is 1. The molecule has 2 aromatic rings. The van der Waals surface area contributed by atoms with Crippen molar-refractivity contribution in [3.63, 3.8) is 0 Å². The van der Waals surface area contributed by atoms with E-state index < -0.39 is 11.9 Å². The highest BCUT2D eigenvalue weighted by Gasteiger charge is 2.21. The van der Waals surface area contributed by atoms with Gasteiger partial charge in [0.1, 0.15) is 0 Å². The molecule has 0 aromatic heterocycles. The van der Waals surface area contributed by atoms with Gasteiger partial charge in [0.2, 0.25) is 0 Å². The Bertz CT molecular complexity index is 636. The lowest BCUT2D eigenvalue weighted by molar-refractivity contribution is -0.138. The van der Waals surface area contributed by atoms with Crippen molar-refractivity contribution in [1.82, 2.24) is 0 Å². The minimum absolute atomic E-state index is 0.344. The van der Waals surface area contributed by atoms with Crippen LogP contribution in [0.25, 0.3) is 0 Å². The van der Waals surface area contributed by atoms with Gasteiger partial charge in [0.05, 0.1) is 5.92 Å². The van der Waals surface area contributed by atoms with Crippen LogP contribution in [0.2, 0.25) is 10.0 Å². The molecule has 0 aliphatic heterocycles. The Labute approximate surface area is 134 Å². The third kappa shape index (κ3) is 3.99. The maximum atomic E-state index is 11.6. The van der Waals surface area contributed by atoms with Gasteiger partial charge in [-0.25, -0.2) is 0 Å². The number of rotatable bonds is 5. The Kier molecular flexibility index (Phi) is 5.27. The smallest absolute Gasteiger partial charge is 0.311 e. The summed E-state index contributed by atoms with van der Waals surface area (Å²) >= 11 is 12.0. The average molecular weight is 323 g/mol. The van der Waals surface area contributed by atoms with E-state index >= 15 is 0 Å². The van der Waals surface area contributed by atoms with Gasteiger partial charge in [0.15, 0.2) is 0 Å². The van der Waals surface area contributed by atoms with E-state index in [9.17, 15) is 9.90 Å². The van der Waals surface area contributed by atoms with Crippen LogP contribution in [-0.2, 0) is 17.6 Å². The fourth-order valence-electron chi connectivity index (χ4n) is 2.24. The molecule has 0 bridgehead atoms. The highest BCUT2D eigenvalue weighted by Crippen LogP contribution is 2.28. The lowest BCUT2D eigenvalue weighted by atomic mass is 9.91. The SMILES string of the molecule is CCc1ccc(C(Cc2ccc(Cl)cc2Cl)C(=O)O)cc1. The number of hydrogen-bond donors (Lipinski definition) is 1. The minimum Gasteiger partial charge on any atom is -0.481 e. The largest absolute Gasteiger partial charge is 0.481 e. The quantitative estimate of drug-likeness (QED) is 0.844. The summed E-state index contributed by atoms with van der Waals surface area (Å²) in [5.74, 6) is -1.47. The van der Waals surface area contributed by atoms with Gasteiger partial charge < -0.3 is 5.11 Å². The number of carboxylic acid groups (broad SMARTS) is 1. The van der Waals surface area contributed by atoms with Crippen LogP contribution in [0.15, 0.2) is 42.5 Å². The van der Waals surface area contributed by atoms with E-state index in [2.05, 4.69) is 6.92 Å². The molecule has 0 heterocycles. The highest BCUT2D eigenvalue weighted by molar-refractivity contribution is 6.35. The predicted molar refractivity (Wildman–Crippen MR) is 86.4 cm³/mol.